The average Bonchev–Trinajstić information content (AvgIpc) is 2.64. The first-order valence-electron chi connectivity index (χ1n) is 9.42. The summed E-state index contributed by atoms with van der Waals surface area (Å²) >= 11 is 0. The molecule has 1 aromatic rings. The van der Waals surface area contributed by atoms with Crippen molar-refractivity contribution in [3.05, 3.63) is 35.6 Å². The van der Waals surface area contributed by atoms with Crippen LogP contribution < -0.4 is 5.32 Å². The van der Waals surface area contributed by atoms with Gasteiger partial charge in [-0.1, -0.05) is 19.1 Å². The van der Waals surface area contributed by atoms with Crippen molar-refractivity contribution in [2.24, 2.45) is 5.92 Å². The Morgan fingerprint density at radius 3 is 2.54 bits per heavy atom. The molecule has 3 nitrogen and oxygen atoms in total. The molecule has 2 heterocycles. The van der Waals surface area contributed by atoms with Crippen molar-refractivity contribution in [3.8, 4) is 0 Å². The lowest BCUT2D eigenvalue weighted by molar-refractivity contribution is -0.141. The van der Waals surface area contributed by atoms with Crippen LogP contribution in [0, 0.1) is 11.7 Å². The molecule has 0 bridgehead atoms. The summed E-state index contributed by atoms with van der Waals surface area (Å²) in [6.45, 7) is 4.79. The van der Waals surface area contributed by atoms with E-state index in [9.17, 15) is 9.18 Å². The highest BCUT2D eigenvalue weighted by atomic mass is 19.1. The smallest absolute Gasteiger partial charge is 0.242 e. The molecule has 1 aromatic carbocycles. The summed E-state index contributed by atoms with van der Waals surface area (Å²) in [5, 5.41) is 3.51. The second-order valence-corrected chi connectivity index (χ2v) is 7.39. The topological polar surface area (TPSA) is 32.3 Å². The molecule has 4 heteroatoms. The van der Waals surface area contributed by atoms with E-state index in [2.05, 4.69) is 17.1 Å². The van der Waals surface area contributed by atoms with Crippen LogP contribution in [0.2, 0.25) is 0 Å². The standard InChI is InChI=1S/C20H29FN2O/c1-2-20(11-3-4-12-22-20)19(24)23-13-9-17(10-14-23)15-16-5-7-18(21)8-6-16/h5-8,17,22H,2-4,9-15H2,1H3/t20-/m0/s1. The maximum atomic E-state index is 13.0. The first-order chi connectivity index (χ1) is 11.6. The van der Waals surface area contributed by atoms with Gasteiger partial charge in [0.2, 0.25) is 5.91 Å². The number of likely N-dealkylation sites (tertiary alicyclic amines) is 1. The Hall–Kier alpha value is -1.42. The van der Waals surface area contributed by atoms with Gasteiger partial charge in [-0.05, 0) is 75.1 Å². The zero-order chi connectivity index (χ0) is 17.0. The Balaban J connectivity index is 1.54. The first kappa shape index (κ1) is 17.4. The van der Waals surface area contributed by atoms with Gasteiger partial charge in [-0.15, -0.1) is 0 Å². The lowest BCUT2D eigenvalue weighted by atomic mass is 9.83. The number of benzene rings is 1. The van der Waals surface area contributed by atoms with Crippen LogP contribution in [0.5, 0.6) is 0 Å². The molecule has 0 unspecified atom stereocenters. The van der Waals surface area contributed by atoms with Crippen LogP contribution in [0.3, 0.4) is 0 Å². The van der Waals surface area contributed by atoms with Crippen molar-refractivity contribution in [3.63, 3.8) is 0 Å². The third-order valence-electron chi connectivity index (χ3n) is 5.85. The largest absolute Gasteiger partial charge is 0.341 e. The maximum Gasteiger partial charge on any atom is 0.242 e. The lowest BCUT2D eigenvalue weighted by Gasteiger charge is -2.42. The normalized spacial score (nSPS) is 25.7. The van der Waals surface area contributed by atoms with Crippen LogP contribution in [0.4, 0.5) is 4.39 Å². The molecule has 132 valence electrons. The van der Waals surface area contributed by atoms with Gasteiger partial charge in [-0.2, -0.15) is 0 Å². The predicted molar refractivity (Wildman–Crippen MR) is 94.3 cm³/mol. The van der Waals surface area contributed by atoms with Crippen LogP contribution in [0.25, 0.3) is 0 Å². The molecule has 3 rings (SSSR count). The fourth-order valence-electron chi connectivity index (χ4n) is 4.20. The van der Waals surface area contributed by atoms with E-state index in [1.807, 2.05) is 12.1 Å². The summed E-state index contributed by atoms with van der Waals surface area (Å²) in [5.41, 5.74) is 0.877. The molecule has 0 radical (unpaired) electrons. The summed E-state index contributed by atoms with van der Waals surface area (Å²) in [4.78, 5) is 15.1. The highest BCUT2D eigenvalue weighted by Gasteiger charge is 2.41. The average molecular weight is 332 g/mol. The molecule has 0 aromatic heterocycles. The number of nitrogens with one attached hydrogen (secondary N) is 1. The van der Waals surface area contributed by atoms with E-state index in [1.54, 1.807) is 0 Å². The van der Waals surface area contributed by atoms with E-state index in [0.717, 1.165) is 58.2 Å². The number of rotatable bonds is 4. The molecule has 2 aliphatic heterocycles. The Bertz CT molecular complexity index is 543. The predicted octanol–water partition coefficient (Wildman–Crippen LogP) is 3.53. The van der Waals surface area contributed by atoms with E-state index in [4.69, 9.17) is 0 Å². The molecule has 24 heavy (non-hydrogen) atoms. The Morgan fingerprint density at radius 2 is 1.96 bits per heavy atom. The number of nitrogens with zero attached hydrogens (tertiary/aromatic N) is 1. The van der Waals surface area contributed by atoms with Gasteiger partial charge in [0, 0.05) is 13.1 Å². The van der Waals surface area contributed by atoms with Crippen molar-refractivity contribution < 1.29 is 9.18 Å². The van der Waals surface area contributed by atoms with Crippen molar-refractivity contribution >= 4 is 5.91 Å². The molecule has 2 saturated heterocycles. The third kappa shape index (κ3) is 3.80. The second kappa shape index (κ2) is 7.64. The number of piperidine rings is 2. The molecule has 2 aliphatic rings. The van der Waals surface area contributed by atoms with Gasteiger partial charge >= 0.3 is 0 Å². The summed E-state index contributed by atoms with van der Waals surface area (Å²) in [7, 11) is 0. The molecular formula is C20H29FN2O. The summed E-state index contributed by atoms with van der Waals surface area (Å²) in [6, 6.07) is 6.83. The van der Waals surface area contributed by atoms with Gasteiger partial charge in [-0.3, -0.25) is 4.79 Å². The minimum Gasteiger partial charge on any atom is -0.341 e. The Morgan fingerprint density at radius 1 is 1.25 bits per heavy atom. The van der Waals surface area contributed by atoms with Crippen molar-refractivity contribution in [2.75, 3.05) is 19.6 Å². The molecule has 0 aliphatic carbocycles. The zero-order valence-electron chi connectivity index (χ0n) is 14.7. The summed E-state index contributed by atoms with van der Waals surface area (Å²) in [6.07, 6.45) is 7.24. The number of amides is 1. The SMILES string of the molecule is CC[C@@]1(C(=O)N2CCC(Cc3ccc(F)cc3)CC2)CCCCN1. The fraction of sp³-hybridized carbons (Fsp3) is 0.650. The number of hydrogen-bond donors (Lipinski definition) is 1. The Labute approximate surface area is 144 Å². The van der Waals surface area contributed by atoms with Gasteiger partial charge < -0.3 is 10.2 Å². The molecule has 0 saturated carbocycles. The monoisotopic (exact) mass is 332 g/mol. The second-order valence-electron chi connectivity index (χ2n) is 7.39. The van der Waals surface area contributed by atoms with Gasteiger partial charge in [-0.25, -0.2) is 4.39 Å². The molecule has 2 fully saturated rings. The first-order valence-corrected chi connectivity index (χ1v) is 9.42. The van der Waals surface area contributed by atoms with Gasteiger partial charge in [0.25, 0.3) is 0 Å². The van der Waals surface area contributed by atoms with Gasteiger partial charge in [0.15, 0.2) is 0 Å². The quantitative estimate of drug-likeness (QED) is 0.915. The fourth-order valence-corrected chi connectivity index (χ4v) is 4.20. The minimum atomic E-state index is -0.317. The van der Waals surface area contributed by atoms with Crippen LogP contribution in [0.15, 0.2) is 24.3 Å². The van der Waals surface area contributed by atoms with Gasteiger partial charge in [0.1, 0.15) is 5.82 Å². The molecular weight excluding hydrogens is 303 g/mol. The van der Waals surface area contributed by atoms with Crippen molar-refractivity contribution in [2.45, 2.75) is 57.4 Å². The lowest BCUT2D eigenvalue weighted by Crippen LogP contribution is -2.60. The van der Waals surface area contributed by atoms with Crippen molar-refractivity contribution in [1.29, 1.82) is 0 Å². The molecule has 0 spiro atoms. The van der Waals surface area contributed by atoms with Crippen LogP contribution in [-0.4, -0.2) is 36.0 Å². The maximum absolute atomic E-state index is 13.0. The Kier molecular flexibility index (Phi) is 5.54. The summed E-state index contributed by atoms with van der Waals surface area (Å²) < 4.78 is 13.0. The van der Waals surface area contributed by atoms with E-state index in [-0.39, 0.29) is 11.4 Å². The van der Waals surface area contributed by atoms with Crippen LogP contribution >= 0.6 is 0 Å². The minimum absolute atomic E-state index is 0.177. The third-order valence-corrected chi connectivity index (χ3v) is 5.85. The number of carbonyl (C=O) groups excluding carboxylic acids is 1. The summed E-state index contributed by atoms with van der Waals surface area (Å²) in [5.74, 6) is 0.727. The van der Waals surface area contributed by atoms with Crippen molar-refractivity contribution in [1.82, 2.24) is 10.2 Å². The number of halogens is 1. The van der Waals surface area contributed by atoms with E-state index >= 15 is 0 Å². The molecule has 1 N–H and O–H groups in total. The number of carbonyl (C=O) groups is 1. The molecule has 1 atom stereocenters. The number of hydrogen-bond acceptors (Lipinski definition) is 2. The highest BCUT2D eigenvalue weighted by molar-refractivity contribution is 5.86. The van der Waals surface area contributed by atoms with E-state index in [0.29, 0.717) is 11.8 Å². The van der Waals surface area contributed by atoms with Crippen LogP contribution in [-0.2, 0) is 11.2 Å². The molecule has 1 amide bonds. The van der Waals surface area contributed by atoms with Gasteiger partial charge in [0.05, 0.1) is 5.54 Å². The van der Waals surface area contributed by atoms with Crippen LogP contribution in [0.1, 0.15) is 51.0 Å². The zero-order valence-corrected chi connectivity index (χ0v) is 14.7. The van der Waals surface area contributed by atoms with E-state index in [1.165, 1.54) is 24.1 Å². The van der Waals surface area contributed by atoms with E-state index < -0.39 is 0 Å². The highest BCUT2D eigenvalue weighted by Crippen LogP contribution is 2.28.